The third-order valence-corrected chi connectivity index (χ3v) is 4.51. The largest absolute Gasteiger partial charge is 0.381 e. The van der Waals surface area contributed by atoms with Gasteiger partial charge in [-0.15, -0.1) is 34.2 Å². The van der Waals surface area contributed by atoms with Crippen LogP contribution in [0.15, 0.2) is 4.99 Å². The Kier molecular flexibility index (Phi) is 10.3. The molecule has 144 valence electrons. The molecule has 0 aliphatic carbocycles. The highest BCUT2D eigenvalue weighted by Gasteiger charge is 2.25. The number of guanidine groups is 1. The van der Waals surface area contributed by atoms with E-state index < -0.39 is 0 Å². The van der Waals surface area contributed by atoms with Crippen molar-refractivity contribution in [3.05, 3.63) is 11.6 Å². The van der Waals surface area contributed by atoms with E-state index >= 15 is 0 Å². The van der Waals surface area contributed by atoms with Gasteiger partial charge in [0.2, 0.25) is 0 Å². The van der Waals surface area contributed by atoms with Gasteiger partial charge in [-0.2, -0.15) is 0 Å². The van der Waals surface area contributed by atoms with Gasteiger partial charge < -0.3 is 19.5 Å². The number of halogens is 1. The highest BCUT2D eigenvalue weighted by Crippen LogP contribution is 2.17. The summed E-state index contributed by atoms with van der Waals surface area (Å²) in [6.07, 6.45) is 3.49. The van der Waals surface area contributed by atoms with Crippen LogP contribution in [0, 0.1) is 12.8 Å². The minimum absolute atomic E-state index is 0. The molecule has 0 radical (unpaired) electrons. The van der Waals surface area contributed by atoms with Crippen molar-refractivity contribution < 1.29 is 4.74 Å². The Labute approximate surface area is 168 Å². The zero-order valence-electron chi connectivity index (χ0n) is 16.0. The first-order chi connectivity index (χ1) is 11.7. The van der Waals surface area contributed by atoms with Crippen LogP contribution in [-0.4, -0.2) is 58.5 Å². The Bertz CT molecular complexity index is 533. The second kappa shape index (κ2) is 11.7. The zero-order chi connectivity index (χ0) is 17.4. The highest BCUT2D eigenvalue weighted by molar-refractivity contribution is 14.0. The van der Waals surface area contributed by atoms with Crippen LogP contribution in [0.5, 0.6) is 0 Å². The van der Waals surface area contributed by atoms with Crippen molar-refractivity contribution in [3.8, 4) is 0 Å². The van der Waals surface area contributed by atoms with Crippen LogP contribution >= 0.6 is 24.0 Å². The topological polar surface area (TPSA) is 67.6 Å². The first-order valence-corrected chi connectivity index (χ1v) is 9.11. The average Bonchev–Trinajstić information content (AvgIpc) is 3.17. The summed E-state index contributed by atoms with van der Waals surface area (Å²) in [4.78, 5) is 7.15. The minimum atomic E-state index is 0. The van der Waals surface area contributed by atoms with Gasteiger partial charge in [0.05, 0.1) is 6.61 Å². The molecule has 1 aromatic rings. The van der Waals surface area contributed by atoms with E-state index in [1.807, 2.05) is 18.5 Å². The molecule has 2 rings (SSSR count). The van der Waals surface area contributed by atoms with E-state index in [9.17, 15) is 0 Å². The summed E-state index contributed by atoms with van der Waals surface area (Å²) in [5, 5.41) is 11.8. The lowest BCUT2D eigenvalue weighted by atomic mass is 10.1. The van der Waals surface area contributed by atoms with E-state index in [1.54, 1.807) is 0 Å². The predicted molar refractivity (Wildman–Crippen MR) is 111 cm³/mol. The maximum atomic E-state index is 5.58. The van der Waals surface area contributed by atoms with Gasteiger partial charge in [-0.25, -0.2) is 4.99 Å². The number of hydrogen-bond donors (Lipinski definition) is 1. The summed E-state index contributed by atoms with van der Waals surface area (Å²) in [6.45, 7) is 11.4. The third-order valence-electron chi connectivity index (χ3n) is 4.51. The molecule has 0 aromatic carbocycles. The van der Waals surface area contributed by atoms with E-state index in [2.05, 4.69) is 34.3 Å². The van der Waals surface area contributed by atoms with E-state index in [4.69, 9.17) is 9.73 Å². The summed E-state index contributed by atoms with van der Waals surface area (Å²) in [5.41, 5.74) is 0. The van der Waals surface area contributed by atoms with Gasteiger partial charge in [-0.3, -0.25) is 0 Å². The lowest BCUT2D eigenvalue weighted by molar-refractivity contribution is 0.114. The number of ether oxygens (including phenoxy) is 1. The molecule has 1 aliphatic heterocycles. The van der Waals surface area contributed by atoms with E-state index in [0.717, 1.165) is 63.3 Å². The van der Waals surface area contributed by atoms with Crippen molar-refractivity contribution in [1.82, 2.24) is 25.0 Å². The SMILES string of the molecule is CCCCNC(=NCc1nnc(C)n1C)N1CCC(COCC)C1.I. The van der Waals surface area contributed by atoms with Crippen molar-refractivity contribution in [2.75, 3.05) is 32.8 Å². The van der Waals surface area contributed by atoms with Crippen molar-refractivity contribution >= 4 is 29.9 Å². The number of hydrogen-bond acceptors (Lipinski definition) is 4. The zero-order valence-corrected chi connectivity index (χ0v) is 18.3. The second-order valence-corrected chi connectivity index (χ2v) is 6.40. The molecule has 1 fully saturated rings. The van der Waals surface area contributed by atoms with E-state index in [0.29, 0.717) is 12.5 Å². The number of likely N-dealkylation sites (tertiary alicyclic amines) is 1. The lowest BCUT2D eigenvalue weighted by Gasteiger charge is -2.22. The van der Waals surface area contributed by atoms with Gasteiger partial charge in [0.1, 0.15) is 12.4 Å². The molecule has 0 amide bonds. The summed E-state index contributed by atoms with van der Waals surface area (Å²) in [7, 11) is 1.98. The van der Waals surface area contributed by atoms with Gasteiger partial charge in [-0.1, -0.05) is 13.3 Å². The second-order valence-electron chi connectivity index (χ2n) is 6.40. The summed E-state index contributed by atoms with van der Waals surface area (Å²) in [5.74, 6) is 3.40. The molecule has 8 heteroatoms. The molecular weight excluding hydrogens is 431 g/mol. The number of nitrogens with one attached hydrogen (secondary N) is 1. The molecule has 0 bridgehead atoms. The summed E-state index contributed by atoms with van der Waals surface area (Å²) < 4.78 is 7.58. The Morgan fingerprint density at radius 1 is 1.36 bits per heavy atom. The number of unbranched alkanes of at least 4 members (excludes halogenated alkanes) is 1. The molecule has 0 spiro atoms. The average molecular weight is 464 g/mol. The van der Waals surface area contributed by atoms with Crippen LogP contribution in [0.4, 0.5) is 0 Å². The van der Waals surface area contributed by atoms with Crippen molar-refractivity contribution in [1.29, 1.82) is 0 Å². The Hall–Kier alpha value is -0.900. The molecule has 25 heavy (non-hydrogen) atoms. The van der Waals surface area contributed by atoms with Gasteiger partial charge in [-0.05, 0) is 26.7 Å². The van der Waals surface area contributed by atoms with E-state index in [-0.39, 0.29) is 24.0 Å². The minimum Gasteiger partial charge on any atom is -0.381 e. The molecule has 1 N–H and O–H groups in total. The van der Waals surface area contributed by atoms with Crippen LogP contribution in [0.3, 0.4) is 0 Å². The molecule has 1 atom stereocenters. The number of nitrogens with zero attached hydrogens (tertiary/aromatic N) is 5. The maximum Gasteiger partial charge on any atom is 0.194 e. The summed E-state index contributed by atoms with van der Waals surface area (Å²) >= 11 is 0. The third kappa shape index (κ3) is 6.73. The first-order valence-electron chi connectivity index (χ1n) is 9.11. The van der Waals surface area contributed by atoms with Gasteiger partial charge in [0, 0.05) is 39.2 Å². The number of aryl methyl sites for hydroxylation is 1. The van der Waals surface area contributed by atoms with Crippen molar-refractivity contribution in [3.63, 3.8) is 0 Å². The smallest absolute Gasteiger partial charge is 0.194 e. The Morgan fingerprint density at radius 2 is 2.16 bits per heavy atom. The fourth-order valence-electron chi connectivity index (χ4n) is 2.82. The quantitative estimate of drug-likeness (QED) is 0.277. The summed E-state index contributed by atoms with van der Waals surface area (Å²) in [6, 6.07) is 0. The lowest BCUT2D eigenvalue weighted by Crippen LogP contribution is -2.40. The number of rotatable bonds is 8. The van der Waals surface area contributed by atoms with Gasteiger partial charge in [0.15, 0.2) is 11.8 Å². The monoisotopic (exact) mass is 464 g/mol. The van der Waals surface area contributed by atoms with E-state index in [1.165, 1.54) is 6.42 Å². The van der Waals surface area contributed by atoms with Crippen LogP contribution in [0.2, 0.25) is 0 Å². The number of aliphatic imine (C=N–C) groups is 1. The van der Waals surface area contributed by atoms with Crippen molar-refractivity contribution in [2.45, 2.75) is 46.6 Å². The Morgan fingerprint density at radius 3 is 2.80 bits per heavy atom. The van der Waals surface area contributed by atoms with Gasteiger partial charge in [0.25, 0.3) is 0 Å². The molecule has 1 aliphatic rings. The fraction of sp³-hybridized carbons (Fsp3) is 0.824. The number of aromatic nitrogens is 3. The molecular formula is C17H33IN6O. The standard InChI is InChI=1S/C17H32N6O.HI/c1-5-7-9-18-17(19-11-16-21-20-14(3)22(16)4)23-10-8-15(12-23)13-24-6-2;/h15H,5-13H2,1-4H3,(H,18,19);1H. The maximum absolute atomic E-state index is 5.58. The normalized spacial score (nSPS) is 17.7. The van der Waals surface area contributed by atoms with Gasteiger partial charge >= 0.3 is 0 Å². The molecule has 2 heterocycles. The van der Waals surface area contributed by atoms with Crippen LogP contribution in [0.1, 0.15) is 44.8 Å². The molecule has 7 nitrogen and oxygen atoms in total. The fourth-order valence-corrected chi connectivity index (χ4v) is 2.82. The Balaban J connectivity index is 0.00000312. The van der Waals surface area contributed by atoms with Crippen LogP contribution in [0.25, 0.3) is 0 Å². The molecule has 1 unspecified atom stereocenters. The molecule has 0 saturated carbocycles. The van der Waals surface area contributed by atoms with Crippen LogP contribution < -0.4 is 5.32 Å². The molecule has 1 aromatic heterocycles. The molecule has 1 saturated heterocycles. The predicted octanol–water partition coefficient (Wildman–Crippen LogP) is 2.35. The van der Waals surface area contributed by atoms with Crippen LogP contribution in [-0.2, 0) is 18.3 Å². The highest BCUT2D eigenvalue weighted by atomic mass is 127. The van der Waals surface area contributed by atoms with Crippen molar-refractivity contribution in [2.24, 2.45) is 18.0 Å². The first kappa shape index (κ1) is 22.1.